The number of carbonyl (C=O) groups excluding carboxylic acids is 1. The van der Waals surface area contributed by atoms with E-state index in [9.17, 15) is 4.79 Å². The van der Waals surface area contributed by atoms with Gasteiger partial charge >= 0.3 is 0 Å². The van der Waals surface area contributed by atoms with Gasteiger partial charge in [0, 0.05) is 13.7 Å². The SMILES string of the molecule is COC(c1noc(C2CNC(=O)CN2)n1)C1CC1. The zero-order valence-corrected chi connectivity index (χ0v) is 10.2. The van der Waals surface area contributed by atoms with Crippen LogP contribution in [0.5, 0.6) is 0 Å². The number of hydrogen-bond acceptors (Lipinski definition) is 6. The molecule has 2 aliphatic rings. The Morgan fingerprint density at radius 2 is 2.33 bits per heavy atom. The van der Waals surface area contributed by atoms with Crippen LogP contribution in [0.2, 0.25) is 0 Å². The van der Waals surface area contributed by atoms with Gasteiger partial charge in [-0.05, 0) is 18.8 Å². The normalized spacial score (nSPS) is 25.8. The second-order valence-corrected chi connectivity index (χ2v) is 4.72. The minimum atomic E-state index is -0.111. The van der Waals surface area contributed by atoms with Crippen LogP contribution in [-0.2, 0) is 9.53 Å². The quantitative estimate of drug-likeness (QED) is 0.779. The molecule has 1 aliphatic heterocycles. The fraction of sp³-hybridized carbons (Fsp3) is 0.727. The Morgan fingerprint density at radius 1 is 1.50 bits per heavy atom. The minimum Gasteiger partial charge on any atom is -0.373 e. The number of carbonyl (C=O) groups is 1. The summed E-state index contributed by atoms with van der Waals surface area (Å²) in [4.78, 5) is 15.4. The first-order valence-corrected chi connectivity index (χ1v) is 6.14. The van der Waals surface area contributed by atoms with E-state index in [-0.39, 0.29) is 24.6 Å². The number of methoxy groups -OCH3 is 1. The van der Waals surface area contributed by atoms with Gasteiger partial charge in [0.15, 0.2) is 0 Å². The molecule has 1 amide bonds. The lowest BCUT2D eigenvalue weighted by molar-refractivity contribution is -0.121. The van der Waals surface area contributed by atoms with Crippen molar-refractivity contribution in [1.82, 2.24) is 20.8 Å². The Hall–Kier alpha value is -1.47. The standard InChI is InChI=1S/C11H16N4O3/c1-17-9(6-2-3-6)10-14-11(18-15-10)7-4-13-8(16)5-12-7/h6-7,9,12H,2-5H2,1H3,(H,13,16). The summed E-state index contributed by atoms with van der Waals surface area (Å²) in [5, 5.41) is 9.79. The van der Waals surface area contributed by atoms with Gasteiger partial charge in [0.25, 0.3) is 0 Å². The van der Waals surface area contributed by atoms with Crippen LogP contribution >= 0.6 is 0 Å². The summed E-state index contributed by atoms with van der Waals surface area (Å²) >= 11 is 0. The van der Waals surface area contributed by atoms with Gasteiger partial charge in [-0.15, -0.1) is 0 Å². The lowest BCUT2D eigenvalue weighted by Crippen LogP contribution is -2.47. The van der Waals surface area contributed by atoms with Crippen molar-refractivity contribution >= 4 is 5.91 Å². The predicted molar refractivity (Wildman–Crippen MR) is 60.5 cm³/mol. The molecule has 1 aliphatic carbocycles. The third-order valence-corrected chi connectivity index (χ3v) is 3.33. The average molecular weight is 252 g/mol. The number of amides is 1. The van der Waals surface area contributed by atoms with Crippen molar-refractivity contribution in [1.29, 1.82) is 0 Å². The summed E-state index contributed by atoms with van der Waals surface area (Å²) in [6.07, 6.45) is 2.24. The summed E-state index contributed by atoms with van der Waals surface area (Å²) in [7, 11) is 1.66. The number of rotatable bonds is 4. The molecule has 2 atom stereocenters. The van der Waals surface area contributed by atoms with Crippen molar-refractivity contribution in [3.05, 3.63) is 11.7 Å². The molecular weight excluding hydrogens is 236 g/mol. The lowest BCUT2D eigenvalue weighted by Gasteiger charge is -2.20. The highest BCUT2D eigenvalue weighted by molar-refractivity contribution is 5.78. The van der Waals surface area contributed by atoms with Gasteiger partial charge in [-0.1, -0.05) is 5.16 Å². The second-order valence-electron chi connectivity index (χ2n) is 4.72. The van der Waals surface area contributed by atoms with E-state index in [1.807, 2.05) is 0 Å². The molecule has 1 aromatic rings. The Bertz CT molecular complexity index is 433. The van der Waals surface area contributed by atoms with Crippen LogP contribution in [0, 0.1) is 5.92 Å². The largest absolute Gasteiger partial charge is 0.373 e. The van der Waals surface area contributed by atoms with Crippen molar-refractivity contribution < 1.29 is 14.1 Å². The molecule has 7 nitrogen and oxygen atoms in total. The number of piperazine rings is 1. The van der Waals surface area contributed by atoms with Crippen molar-refractivity contribution in [3.63, 3.8) is 0 Å². The molecule has 1 aromatic heterocycles. The maximum absolute atomic E-state index is 11.0. The van der Waals surface area contributed by atoms with Crippen LogP contribution < -0.4 is 10.6 Å². The zero-order chi connectivity index (χ0) is 12.5. The second kappa shape index (κ2) is 4.66. The number of ether oxygens (including phenoxy) is 1. The van der Waals surface area contributed by atoms with Crippen LogP contribution in [0.15, 0.2) is 4.52 Å². The molecule has 0 aromatic carbocycles. The molecule has 1 saturated heterocycles. The van der Waals surface area contributed by atoms with Crippen LogP contribution in [0.1, 0.15) is 36.7 Å². The maximum Gasteiger partial charge on any atom is 0.245 e. The molecule has 0 radical (unpaired) electrons. The zero-order valence-electron chi connectivity index (χ0n) is 10.2. The van der Waals surface area contributed by atoms with E-state index in [2.05, 4.69) is 20.8 Å². The molecule has 2 N–H and O–H groups in total. The Labute approximate surface area is 104 Å². The van der Waals surface area contributed by atoms with Gasteiger partial charge in [0.2, 0.25) is 17.6 Å². The number of nitrogens with zero attached hydrogens (tertiary/aromatic N) is 2. The summed E-state index contributed by atoms with van der Waals surface area (Å²) in [5.74, 6) is 1.61. The van der Waals surface area contributed by atoms with Crippen LogP contribution in [0.3, 0.4) is 0 Å². The first-order valence-electron chi connectivity index (χ1n) is 6.14. The smallest absolute Gasteiger partial charge is 0.245 e. The lowest BCUT2D eigenvalue weighted by atomic mass is 10.2. The Balaban J connectivity index is 1.70. The molecular formula is C11H16N4O3. The Morgan fingerprint density at radius 3 is 2.94 bits per heavy atom. The molecule has 18 heavy (non-hydrogen) atoms. The minimum absolute atomic E-state index is 0.0151. The van der Waals surface area contributed by atoms with Crippen LogP contribution in [-0.4, -0.2) is 36.2 Å². The summed E-state index contributed by atoms with van der Waals surface area (Å²) in [5.41, 5.74) is 0. The van der Waals surface area contributed by atoms with E-state index in [1.165, 1.54) is 0 Å². The molecule has 2 fully saturated rings. The third kappa shape index (κ3) is 2.23. The van der Waals surface area contributed by atoms with Gasteiger partial charge in [-0.2, -0.15) is 4.98 Å². The topological polar surface area (TPSA) is 89.3 Å². The predicted octanol–water partition coefficient (Wildman–Crippen LogP) is -0.0724. The van der Waals surface area contributed by atoms with Crippen molar-refractivity contribution in [2.45, 2.75) is 25.0 Å². The van der Waals surface area contributed by atoms with E-state index < -0.39 is 0 Å². The van der Waals surface area contributed by atoms with E-state index in [1.54, 1.807) is 7.11 Å². The summed E-state index contributed by atoms with van der Waals surface area (Å²) in [6, 6.07) is -0.111. The van der Waals surface area contributed by atoms with E-state index in [0.29, 0.717) is 24.2 Å². The van der Waals surface area contributed by atoms with Gasteiger partial charge in [0.1, 0.15) is 12.1 Å². The van der Waals surface area contributed by atoms with Crippen molar-refractivity contribution in [3.8, 4) is 0 Å². The average Bonchev–Trinajstić information content (AvgIpc) is 3.09. The van der Waals surface area contributed by atoms with Gasteiger partial charge in [-0.25, -0.2) is 0 Å². The molecule has 3 rings (SSSR count). The molecule has 1 saturated carbocycles. The van der Waals surface area contributed by atoms with Crippen molar-refractivity contribution in [2.24, 2.45) is 5.92 Å². The monoisotopic (exact) mass is 252 g/mol. The fourth-order valence-corrected chi connectivity index (χ4v) is 2.15. The molecule has 7 heteroatoms. The fourth-order valence-electron chi connectivity index (χ4n) is 2.15. The first-order chi connectivity index (χ1) is 8.78. The summed E-state index contributed by atoms with van der Waals surface area (Å²) in [6.45, 7) is 0.750. The molecule has 2 unspecified atom stereocenters. The molecule has 98 valence electrons. The first kappa shape index (κ1) is 11.6. The number of aromatic nitrogens is 2. The molecule has 0 spiro atoms. The van der Waals surface area contributed by atoms with E-state index in [4.69, 9.17) is 9.26 Å². The number of nitrogens with one attached hydrogen (secondary N) is 2. The van der Waals surface area contributed by atoms with Gasteiger partial charge < -0.3 is 14.6 Å². The highest BCUT2D eigenvalue weighted by Gasteiger charge is 2.36. The van der Waals surface area contributed by atoms with Crippen molar-refractivity contribution in [2.75, 3.05) is 20.2 Å². The van der Waals surface area contributed by atoms with Gasteiger partial charge in [-0.3, -0.25) is 10.1 Å². The number of hydrogen-bond donors (Lipinski definition) is 2. The van der Waals surface area contributed by atoms with Gasteiger partial charge in [0.05, 0.1) is 6.54 Å². The van der Waals surface area contributed by atoms with E-state index >= 15 is 0 Å². The highest BCUT2D eigenvalue weighted by atomic mass is 16.5. The van der Waals surface area contributed by atoms with Crippen LogP contribution in [0.25, 0.3) is 0 Å². The maximum atomic E-state index is 11.0. The Kier molecular flexibility index (Phi) is 3.00. The summed E-state index contributed by atoms with van der Waals surface area (Å²) < 4.78 is 10.6. The molecule has 2 heterocycles. The third-order valence-electron chi connectivity index (χ3n) is 3.33. The van der Waals surface area contributed by atoms with E-state index in [0.717, 1.165) is 12.8 Å². The molecule has 0 bridgehead atoms. The highest BCUT2D eigenvalue weighted by Crippen LogP contribution is 2.42. The van der Waals surface area contributed by atoms with Crippen LogP contribution in [0.4, 0.5) is 0 Å².